The van der Waals surface area contributed by atoms with Crippen molar-refractivity contribution in [3.05, 3.63) is 130 Å². The predicted molar refractivity (Wildman–Crippen MR) is 278 cm³/mol. The highest BCUT2D eigenvalue weighted by molar-refractivity contribution is 6.18. The quantitative estimate of drug-likeness (QED) is 0.161. The molecule has 72 heavy (non-hydrogen) atoms. The van der Waals surface area contributed by atoms with Crippen LogP contribution < -0.4 is 32.5 Å². The normalized spacial score (nSPS) is 13.3. The molecule has 0 bridgehead atoms. The Morgan fingerprint density at radius 3 is 1.19 bits per heavy atom. The monoisotopic (exact) mass is 1000 g/mol. The minimum Gasteiger partial charge on any atom is -0.424 e. The van der Waals surface area contributed by atoms with Crippen molar-refractivity contribution in [2.75, 3.05) is 28.2 Å². The first kappa shape index (κ1) is 62.0. The fourth-order valence-electron chi connectivity index (χ4n) is 5.90. The van der Waals surface area contributed by atoms with Gasteiger partial charge in [0.05, 0.1) is 25.5 Å². The van der Waals surface area contributed by atoms with E-state index in [1.807, 2.05) is 68.9 Å². The number of nitrogens with zero attached hydrogens (tertiary/aromatic N) is 17. The number of hydrogen-bond donors (Lipinski definition) is 0. The lowest BCUT2D eigenvalue weighted by Crippen LogP contribution is -2.47. The smallest absolute Gasteiger partial charge is 0.419 e. The molecular formula is C48H78N17O7+. The van der Waals surface area contributed by atoms with Gasteiger partial charge < -0.3 is 13.7 Å². The first-order valence-corrected chi connectivity index (χ1v) is 22.3. The molecule has 5 aromatic rings. The molecule has 3 aliphatic heterocycles. The van der Waals surface area contributed by atoms with Crippen molar-refractivity contribution in [1.82, 2.24) is 62.3 Å². The lowest BCUT2D eigenvalue weighted by Gasteiger charge is -2.08. The number of likely N-dealkylation sites (N-methyl/N-ethyl adjacent to an activating group) is 1. The van der Waals surface area contributed by atoms with E-state index in [2.05, 4.69) is 65.9 Å². The minimum absolute atomic E-state index is 0.0347. The number of hydrogen-bond acceptors (Lipinski definition) is 15. The van der Waals surface area contributed by atoms with Gasteiger partial charge in [-0.15, -0.1) is 5.10 Å². The average Bonchev–Trinajstić information content (AvgIpc) is 4.13. The second kappa shape index (κ2) is 26.2. The zero-order valence-electron chi connectivity index (χ0n) is 46.9. The highest BCUT2D eigenvalue weighted by Crippen LogP contribution is 2.17. The van der Waals surface area contributed by atoms with Gasteiger partial charge in [0.2, 0.25) is 11.8 Å². The molecule has 0 unspecified atom stereocenters. The summed E-state index contributed by atoms with van der Waals surface area (Å²) in [6.07, 6.45) is 1.81. The fourth-order valence-corrected chi connectivity index (χ4v) is 5.90. The number of carbonyl (C=O) groups is 2. The maximum absolute atomic E-state index is 11.0. The van der Waals surface area contributed by atoms with Gasteiger partial charge in [-0.3, -0.25) is 32.9 Å². The summed E-state index contributed by atoms with van der Waals surface area (Å²) in [7, 11) is 21.3. The van der Waals surface area contributed by atoms with Gasteiger partial charge in [0.25, 0.3) is 17.3 Å². The number of amides is 2. The predicted octanol–water partition coefficient (Wildman–Crippen LogP) is 2.07. The van der Waals surface area contributed by atoms with Gasteiger partial charge in [-0.05, 0) is 98.1 Å². The average molecular weight is 1010 g/mol. The van der Waals surface area contributed by atoms with Crippen LogP contribution in [0, 0.1) is 55.4 Å². The molecule has 8 heterocycles. The lowest BCUT2D eigenvalue weighted by molar-refractivity contribution is -0.690. The minimum atomic E-state index is -0.287. The second-order valence-electron chi connectivity index (χ2n) is 17.0. The molecule has 0 fully saturated rings. The Labute approximate surface area is 421 Å². The molecule has 396 valence electrons. The van der Waals surface area contributed by atoms with E-state index in [-0.39, 0.29) is 28.9 Å². The number of aromatic nitrogens is 10. The van der Waals surface area contributed by atoms with Crippen LogP contribution in [0.5, 0.6) is 0 Å². The number of hydrazone groups is 1. The fraction of sp³-hybridized carbons (Fsp3) is 0.479. The SMILES string of the molecule is C=C1N(C)N=NN1C.C=C1OC(C)=NN1C.C=c1c(C)[n+](C)c(=C)n1C.CC1=C(C)C(=O)N(C)C1=O.Cc1cn(C)c(=O)n1C.Cc1nn(C)c(=O)n1C.Cc1nn(C)c(C)c1C.Cc1oc(=O)n(C)c1C. The molecule has 8 rings (SSSR count). The van der Waals surface area contributed by atoms with Gasteiger partial charge in [0.1, 0.15) is 23.1 Å². The Balaban J connectivity index is 0.000000412. The van der Waals surface area contributed by atoms with E-state index >= 15 is 0 Å². The molecule has 24 nitrogen and oxygen atoms in total. The van der Waals surface area contributed by atoms with Crippen LogP contribution in [0.15, 0.2) is 76.6 Å². The van der Waals surface area contributed by atoms with Crippen molar-refractivity contribution in [3.8, 4) is 0 Å². The van der Waals surface area contributed by atoms with E-state index in [0.717, 1.165) is 44.5 Å². The highest BCUT2D eigenvalue weighted by Gasteiger charge is 2.29. The van der Waals surface area contributed by atoms with Crippen molar-refractivity contribution < 1.29 is 23.3 Å². The van der Waals surface area contributed by atoms with Crippen LogP contribution in [0.25, 0.3) is 13.2 Å². The largest absolute Gasteiger partial charge is 0.424 e. The molecule has 0 saturated heterocycles. The van der Waals surface area contributed by atoms with Crippen LogP contribution in [0.4, 0.5) is 0 Å². The van der Waals surface area contributed by atoms with Crippen molar-refractivity contribution in [2.24, 2.45) is 71.9 Å². The Hall–Kier alpha value is -8.05. The Morgan fingerprint density at radius 1 is 0.583 bits per heavy atom. The summed E-state index contributed by atoms with van der Waals surface area (Å²) in [6.45, 7) is 35.7. The molecule has 0 saturated carbocycles. The molecule has 0 atom stereocenters. The molecule has 0 spiro atoms. The Bertz CT molecular complexity index is 3010. The maximum atomic E-state index is 11.0. The van der Waals surface area contributed by atoms with Gasteiger partial charge in [-0.1, -0.05) is 6.58 Å². The zero-order chi connectivity index (χ0) is 56.1. The standard InChI is InChI=1S/C8H13N2.C7H12N2.C7H9NO2.C6H10N2O.C6H9NO2.C5H9N3O.C5H8N2O.C4H8N4/c1-6-7(2)10(5)8(3)9(6)4;1-5-6(2)8-9(4)7(5)3;1-4-5(2)7(10)8(3)6(4)9;1-5-4-7(2)6(9)8(5)3;1-4-5(2)9-6(8)7(4)3;1-4-6-8(3)5(9)7(4)2;1-4-6-7(3)5(2)8-4;1-4-7(2)5-6-8(4)3/h1,3H2,2,4-5H3;1-4H3;1-3H3;4H,1-3H3;2*1-3H3;2H2,1,3H3;1H2,2-3H3/q+1;;;;;;;. The first-order chi connectivity index (χ1) is 33.0. The number of imidazole rings is 2. The van der Waals surface area contributed by atoms with Crippen molar-refractivity contribution >= 4 is 30.9 Å². The van der Waals surface area contributed by atoms with Gasteiger partial charge in [-0.25, -0.2) is 43.2 Å². The van der Waals surface area contributed by atoms with Gasteiger partial charge >= 0.3 is 17.1 Å². The van der Waals surface area contributed by atoms with Crippen LogP contribution in [-0.4, -0.2) is 108 Å². The number of rotatable bonds is 0. The van der Waals surface area contributed by atoms with Crippen LogP contribution in [0.3, 0.4) is 0 Å². The molecule has 0 radical (unpaired) electrons. The highest BCUT2D eigenvalue weighted by atomic mass is 16.5. The van der Waals surface area contributed by atoms with E-state index in [1.54, 1.807) is 115 Å². The summed E-state index contributed by atoms with van der Waals surface area (Å²) < 4.78 is 23.1. The number of imide groups is 1. The molecule has 3 aliphatic rings. The second-order valence-corrected chi connectivity index (χ2v) is 17.0. The third kappa shape index (κ3) is 15.7. The van der Waals surface area contributed by atoms with Crippen molar-refractivity contribution in [3.63, 3.8) is 0 Å². The van der Waals surface area contributed by atoms with Crippen LogP contribution in [-0.2, 0) is 70.7 Å². The van der Waals surface area contributed by atoms with Gasteiger partial charge in [-0.2, -0.15) is 10.2 Å². The molecule has 0 aromatic carbocycles. The van der Waals surface area contributed by atoms with Crippen molar-refractivity contribution in [2.45, 2.75) is 76.2 Å². The zero-order valence-corrected chi connectivity index (χ0v) is 46.9. The van der Waals surface area contributed by atoms with E-state index in [0.29, 0.717) is 28.7 Å². The van der Waals surface area contributed by atoms with Crippen LogP contribution in [0.2, 0.25) is 0 Å². The topological polar surface area (TPSA) is 222 Å². The molecule has 0 N–H and O–H groups in total. The maximum Gasteiger partial charge on any atom is 0.419 e. The third-order valence-electron chi connectivity index (χ3n) is 12.1. The Morgan fingerprint density at radius 2 is 1.08 bits per heavy atom. The molecule has 2 amide bonds. The van der Waals surface area contributed by atoms with Crippen LogP contribution >= 0.6 is 0 Å². The number of carbonyl (C=O) groups excluding carboxylic acids is 2. The van der Waals surface area contributed by atoms with E-state index < -0.39 is 0 Å². The van der Waals surface area contributed by atoms with Gasteiger partial charge in [0.15, 0.2) is 5.35 Å². The van der Waals surface area contributed by atoms with Gasteiger partial charge in [0, 0.05) is 113 Å². The number of aryl methyl sites for hydroxylation is 7. The van der Waals surface area contributed by atoms with E-state index in [9.17, 15) is 24.0 Å². The first-order valence-electron chi connectivity index (χ1n) is 22.3. The molecular weight excluding hydrogens is 927 g/mol. The summed E-state index contributed by atoms with van der Waals surface area (Å²) in [4.78, 5) is 55.5. The van der Waals surface area contributed by atoms with E-state index in [4.69, 9.17) is 9.15 Å². The summed E-state index contributed by atoms with van der Waals surface area (Å²) >= 11 is 0. The molecule has 24 heteroatoms. The van der Waals surface area contributed by atoms with Crippen molar-refractivity contribution in [1.29, 1.82) is 0 Å². The molecule has 0 aliphatic carbocycles. The van der Waals surface area contributed by atoms with Crippen LogP contribution in [0.1, 0.15) is 66.4 Å². The number of oxazole rings is 1. The third-order valence-corrected chi connectivity index (χ3v) is 12.1. The summed E-state index contributed by atoms with van der Waals surface area (Å²) in [6, 6.07) is 0. The Kier molecular flexibility index (Phi) is 22.6. The summed E-state index contributed by atoms with van der Waals surface area (Å²) in [5.41, 5.74) is 8.82. The number of ether oxygens (including phenoxy) is 1. The lowest BCUT2D eigenvalue weighted by atomic mass is 10.2. The summed E-state index contributed by atoms with van der Waals surface area (Å²) in [5, 5.41) is 25.2. The summed E-state index contributed by atoms with van der Waals surface area (Å²) in [5.74, 6) is 2.82. The molecule has 5 aromatic heterocycles. The van der Waals surface area contributed by atoms with E-state index in [1.165, 1.54) is 37.8 Å².